The van der Waals surface area contributed by atoms with Crippen molar-refractivity contribution in [3.05, 3.63) is 83.0 Å². The van der Waals surface area contributed by atoms with E-state index in [9.17, 15) is 9.18 Å². The van der Waals surface area contributed by atoms with Crippen LogP contribution in [0, 0.1) is 5.82 Å². The summed E-state index contributed by atoms with van der Waals surface area (Å²) in [5.41, 5.74) is 2.42. The normalized spacial score (nSPS) is 10.8. The molecule has 4 aromatic rings. The Balaban J connectivity index is 1.64. The summed E-state index contributed by atoms with van der Waals surface area (Å²) in [5.74, 6) is -0.825. The molecule has 0 atom stereocenters. The van der Waals surface area contributed by atoms with Crippen LogP contribution in [0.2, 0.25) is 0 Å². The number of carbonyl (C=O) groups excluding carboxylic acids is 1. The van der Waals surface area contributed by atoms with Crippen molar-refractivity contribution in [2.24, 2.45) is 0 Å². The molecular weight excluding hydrogens is 377 g/mol. The van der Waals surface area contributed by atoms with Gasteiger partial charge in [0.05, 0.1) is 28.8 Å². The van der Waals surface area contributed by atoms with Gasteiger partial charge in [0.2, 0.25) is 0 Å². The van der Waals surface area contributed by atoms with Crippen molar-refractivity contribution in [3.8, 4) is 16.3 Å². The van der Waals surface area contributed by atoms with Gasteiger partial charge in [-0.25, -0.2) is 14.2 Å². The smallest absolute Gasteiger partial charge is 0.339 e. The van der Waals surface area contributed by atoms with E-state index in [1.807, 2.05) is 41.8 Å². The van der Waals surface area contributed by atoms with Crippen LogP contribution in [0.15, 0.2) is 66.0 Å². The number of pyridine rings is 1. The molecule has 0 aliphatic heterocycles. The van der Waals surface area contributed by atoms with Gasteiger partial charge >= 0.3 is 5.97 Å². The zero-order chi connectivity index (χ0) is 19.5. The third kappa shape index (κ3) is 3.59. The Kier molecular flexibility index (Phi) is 5.04. The molecule has 0 saturated heterocycles. The third-order valence-corrected chi connectivity index (χ3v) is 5.19. The van der Waals surface area contributed by atoms with Crippen molar-refractivity contribution in [1.82, 2.24) is 4.98 Å². The molecule has 0 N–H and O–H groups in total. The number of carbonyl (C=O) groups is 1. The molecule has 0 aliphatic carbocycles. The number of halogens is 1. The molecule has 0 amide bonds. The molecule has 0 unspecified atom stereocenters. The molecule has 2 heterocycles. The first kappa shape index (κ1) is 18.1. The summed E-state index contributed by atoms with van der Waals surface area (Å²) in [5, 5.41) is 2.68. The first-order chi connectivity index (χ1) is 13.7. The first-order valence-corrected chi connectivity index (χ1v) is 9.47. The average Bonchev–Trinajstić information content (AvgIpc) is 3.26. The molecule has 0 fully saturated rings. The molecule has 28 heavy (non-hydrogen) atoms. The van der Waals surface area contributed by atoms with Gasteiger partial charge in [-0.2, -0.15) is 0 Å². The van der Waals surface area contributed by atoms with Gasteiger partial charge in [0, 0.05) is 5.39 Å². The predicted molar refractivity (Wildman–Crippen MR) is 107 cm³/mol. The molecule has 0 aliphatic rings. The minimum absolute atomic E-state index is 0.0370. The lowest BCUT2D eigenvalue weighted by Gasteiger charge is -2.10. The standard InChI is InChI=1S/C22H16FNO3S/c1-26-20-9-8-14(11-17(20)23)13-27-22(25)16-12-19(21-7-4-10-28-21)24-18-6-3-2-5-15(16)18/h2-12H,13H2,1H3. The van der Waals surface area contributed by atoms with E-state index in [2.05, 4.69) is 4.98 Å². The maximum atomic E-state index is 13.8. The van der Waals surface area contributed by atoms with E-state index in [4.69, 9.17) is 9.47 Å². The van der Waals surface area contributed by atoms with Crippen LogP contribution < -0.4 is 4.74 Å². The van der Waals surface area contributed by atoms with Crippen molar-refractivity contribution in [1.29, 1.82) is 0 Å². The van der Waals surface area contributed by atoms with Crippen LogP contribution in [-0.2, 0) is 11.3 Å². The Hall–Kier alpha value is -3.25. The van der Waals surface area contributed by atoms with Crippen LogP contribution in [0.3, 0.4) is 0 Å². The minimum atomic E-state index is -0.495. The van der Waals surface area contributed by atoms with E-state index in [0.717, 1.165) is 16.1 Å². The van der Waals surface area contributed by atoms with Crippen molar-refractivity contribution in [3.63, 3.8) is 0 Å². The Morgan fingerprint density at radius 2 is 1.96 bits per heavy atom. The lowest BCUT2D eigenvalue weighted by Crippen LogP contribution is -2.07. The van der Waals surface area contributed by atoms with Crippen LogP contribution in [0.25, 0.3) is 21.5 Å². The van der Waals surface area contributed by atoms with Crippen LogP contribution >= 0.6 is 11.3 Å². The number of fused-ring (bicyclic) bond motifs is 1. The van der Waals surface area contributed by atoms with E-state index < -0.39 is 11.8 Å². The molecule has 0 radical (unpaired) electrons. The van der Waals surface area contributed by atoms with E-state index in [-0.39, 0.29) is 12.4 Å². The number of rotatable bonds is 5. The highest BCUT2D eigenvalue weighted by Gasteiger charge is 2.16. The molecule has 4 nitrogen and oxygen atoms in total. The van der Waals surface area contributed by atoms with Gasteiger partial charge in [0.1, 0.15) is 6.61 Å². The Morgan fingerprint density at radius 3 is 2.71 bits per heavy atom. The molecule has 4 rings (SSSR count). The van der Waals surface area contributed by atoms with Crippen molar-refractivity contribution in [2.45, 2.75) is 6.61 Å². The van der Waals surface area contributed by atoms with Crippen molar-refractivity contribution in [2.75, 3.05) is 7.11 Å². The zero-order valence-electron chi connectivity index (χ0n) is 15.0. The molecule has 2 aromatic carbocycles. The Morgan fingerprint density at radius 1 is 1.11 bits per heavy atom. The summed E-state index contributed by atoms with van der Waals surface area (Å²) in [6.07, 6.45) is 0. The molecule has 0 spiro atoms. The fourth-order valence-corrected chi connectivity index (χ4v) is 3.61. The monoisotopic (exact) mass is 393 g/mol. The van der Waals surface area contributed by atoms with Crippen LogP contribution in [0.4, 0.5) is 4.39 Å². The van der Waals surface area contributed by atoms with Gasteiger partial charge in [-0.05, 0) is 41.3 Å². The van der Waals surface area contributed by atoms with Gasteiger partial charge in [0.25, 0.3) is 0 Å². The van der Waals surface area contributed by atoms with Gasteiger partial charge < -0.3 is 9.47 Å². The second-order valence-corrected chi connectivity index (χ2v) is 7.04. The molecule has 0 saturated carbocycles. The SMILES string of the molecule is COc1ccc(COC(=O)c2cc(-c3cccs3)nc3ccccc23)cc1F. The zero-order valence-corrected chi connectivity index (χ0v) is 15.8. The third-order valence-electron chi connectivity index (χ3n) is 4.30. The lowest BCUT2D eigenvalue weighted by atomic mass is 10.1. The molecule has 2 aromatic heterocycles. The van der Waals surface area contributed by atoms with E-state index in [1.54, 1.807) is 23.5 Å². The Labute approximate surface area is 165 Å². The summed E-state index contributed by atoms with van der Waals surface area (Å²) in [6, 6.07) is 17.5. The van der Waals surface area contributed by atoms with E-state index >= 15 is 0 Å². The number of nitrogens with zero attached hydrogens (tertiary/aromatic N) is 1. The largest absolute Gasteiger partial charge is 0.494 e. The van der Waals surface area contributed by atoms with Gasteiger partial charge in [0.15, 0.2) is 11.6 Å². The van der Waals surface area contributed by atoms with Gasteiger partial charge in [-0.3, -0.25) is 0 Å². The molecule has 140 valence electrons. The number of hydrogen-bond donors (Lipinski definition) is 0. The fraction of sp³-hybridized carbons (Fsp3) is 0.0909. The number of thiophene rings is 1. The molecule has 6 heteroatoms. The molecular formula is C22H16FNO3S. The number of hydrogen-bond acceptors (Lipinski definition) is 5. The van der Waals surface area contributed by atoms with E-state index in [0.29, 0.717) is 16.5 Å². The number of methoxy groups -OCH3 is 1. The van der Waals surface area contributed by atoms with E-state index in [1.165, 1.54) is 19.2 Å². The second kappa shape index (κ2) is 7.78. The summed E-state index contributed by atoms with van der Waals surface area (Å²) in [6.45, 7) is -0.0370. The average molecular weight is 393 g/mol. The lowest BCUT2D eigenvalue weighted by molar-refractivity contribution is 0.0474. The number of benzene rings is 2. The highest BCUT2D eigenvalue weighted by molar-refractivity contribution is 7.13. The number of esters is 1. The number of para-hydroxylation sites is 1. The summed E-state index contributed by atoms with van der Waals surface area (Å²) < 4.78 is 24.2. The first-order valence-electron chi connectivity index (χ1n) is 8.59. The summed E-state index contributed by atoms with van der Waals surface area (Å²) in [7, 11) is 1.40. The topological polar surface area (TPSA) is 48.4 Å². The highest BCUT2D eigenvalue weighted by Crippen LogP contribution is 2.28. The second-order valence-electron chi connectivity index (χ2n) is 6.09. The number of aromatic nitrogens is 1. The van der Waals surface area contributed by atoms with Crippen LogP contribution in [0.1, 0.15) is 15.9 Å². The minimum Gasteiger partial charge on any atom is -0.494 e. The predicted octanol–water partition coefficient (Wildman–Crippen LogP) is 5.47. The maximum absolute atomic E-state index is 13.8. The quantitative estimate of drug-likeness (QED) is 0.422. The highest BCUT2D eigenvalue weighted by atomic mass is 32.1. The van der Waals surface area contributed by atoms with Gasteiger partial charge in [-0.15, -0.1) is 11.3 Å². The maximum Gasteiger partial charge on any atom is 0.339 e. The fourth-order valence-electron chi connectivity index (χ4n) is 2.92. The van der Waals surface area contributed by atoms with Crippen molar-refractivity contribution < 1.29 is 18.7 Å². The van der Waals surface area contributed by atoms with Gasteiger partial charge in [-0.1, -0.05) is 30.3 Å². The summed E-state index contributed by atoms with van der Waals surface area (Å²) >= 11 is 1.55. The van der Waals surface area contributed by atoms with Crippen LogP contribution in [0.5, 0.6) is 5.75 Å². The molecule has 0 bridgehead atoms. The van der Waals surface area contributed by atoms with Crippen LogP contribution in [-0.4, -0.2) is 18.1 Å². The number of ether oxygens (including phenoxy) is 2. The summed E-state index contributed by atoms with van der Waals surface area (Å²) in [4.78, 5) is 18.4. The van der Waals surface area contributed by atoms with Crippen molar-refractivity contribution >= 4 is 28.2 Å². The Bertz CT molecular complexity index is 1140.